The molecule has 0 aromatic rings. The zero-order chi connectivity index (χ0) is 12.6. The van der Waals surface area contributed by atoms with Gasteiger partial charge in [-0.25, -0.2) is 0 Å². The lowest BCUT2D eigenvalue weighted by atomic mass is 9.83. The van der Waals surface area contributed by atoms with Gasteiger partial charge in [0.05, 0.1) is 0 Å². The van der Waals surface area contributed by atoms with Crippen molar-refractivity contribution in [1.82, 2.24) is 5.32 Å². The first kappa shape index (κ1) is 15.0. The van der Waals surface area contributed by atoms with Crippen LogP contribution in [-0.4, -0.2) is 26.3 Å². The molecular weight excluding hydrogens is 210 g/mol. The minimum atomic E-state index is 0.548. The molecule has 0 aromatic heterocycles. The van der Waals surface area contributed by atoms with Crippen molar-refractivity contribution in [3.63, 3.8) is 0 Å². The Labute approximate surface area is 108 Å². The minimum Gasteiger partial charge on any atom is -0.381 e. The lowest BCUT2D eigenvalue weighted by Gasteiger charge is -2.29. The van der Waals surface area contributed by atoms with E-state index in [0.29, 0.717) is 11.3 Å². The van der Waals surface area contributed by atoms with Gasteiger partial charge in [0.1, 0.15) is 0 Å². The van der Waals surface area contributed by atoms with Crippen LogP contribution in [0.25, 0.3) is 0 Å². The van der Waals surface area contributed by atoms with E-state index in [1.807, 2.05) is 0 Å². The molecule has 1 aliphatic carbocycles. The lowest BCUT2D eigenvalue weighted by Crippen LogP contribution is -2.33. The summed E-state index contributed by atoms with van der Waals surface area (Å²) in [7, 11) is 0. The monoisotopic (exact) mass is 241 g/mol. The first-order valence-corrected chi connectivity index (χ1v) is 7.47. The van der Waals surface area contributed by atoms with Gasteiger partial charge in [0.15, 0.2) is 0 Å². The Morgan fingerprint density at radius 1 is 1.24 bits per heavy atom. The highest BCUT2D eigenvalue weighted by atomic mass is 16.5. The first-order valence-electron chi connectivity index (χ1n) is 7.47. The quantitative estimate of drug-likeness (QED) is 0.623. The molecule has 102 valence electrons. The van der Waals surface area contributed by atoms with Crippen LogP contribution in [0.1, 0.15) is 59.3 Å². The van der Waals surface area contributed by atoms with Gasteiger partial charge < -0.3 is 10.1 Å². The average molecular weight is 241 g/mol. The Bertz CT molecular complexity index is 185. The van der Waals surface area contributed by atoms with E-state index in [0.717, 1.165) is 19.8 Å². The highest BCUT2D eigenvalue weighted by Crippen LogP contribution is 2.40. The molecule has 1 N–H and O–H groups in total. The number of rotatable bonds is 9. The van der Waals surface area contributed by atoms with Crippen molar-refractivity contribution in [3.05, 3.63) is 0 Å². The Morgan fingerprint density at radius 2 is 1.94 bits per heavy atom. The van der Waals surface area contributed by atoms with Crippen LogP contribution in [0.15, 0.2) is 0 Å². The van der Waals surface area contributed by atoms with Gasteiger partial charge in [-0.05, 0) is 43.6 Å². The van der Waals surface area contributed by atoms with E-state index in [2.05, 4.69) is 26.1 Å². The van der Waals surface area contributed by atoms with Gasteiger partial charge in [-0.2, -0.15) is 0 Å². The van der Waals surface area contributed by atoms with Gasteiger partial charge in [0.25, 0.3) is 0 Å². The van der Waals surface area contributed by atoms with Crippen LogP contribution >= 0.6 is 0 Å². The van der Waals surface area contributed by atoms with Crippen LogP contribution in [-0.2, 0) is 4.74 Å². The second kappa shape index (κ2) is 8.10. The molecule has 1 rings (SSSR count). The maximum Gasteiger partial charge on any atom is 0.0488 e. The molecule has 0 spiro atoms. The topological polar surface area (TPSA) is 21.3 Å². The number of hydrogen-bond donors (Lipinski definition) is 1. The molecule has 0 bridgehead atoms. The number of nitrogens with one attached hydrogen (secondary N) is 1. The standard InChI is InChI=1S/C15H31NO/c1-4-10-16-13-15(7-5-6-8-15)9-11-17-12-14(2)3/h14,16H,4-13H2,1-3H3. The van der Waals surface area contributed by atoms with Crippen molar-refractivity contribution in [2.75, 3.05) is 26.3 Å². The van der Waals surface area contributed by atoms with Gasteiger partial charge in [-0.15, -0.1) is 0 Å². The summed E-state index contributed by atoms with van der Waals surface area (Å²) in [4.78, 5) is 0. The molecule has 0 heterocycles. The highest BCUT2D eigenvalue weighted by molar-refractivity contribution is 4.86. The Balaban J connectivity index is 2.22. The maximum atomic E-state index is 5.76. The number of hydrogen-bond acceptors (Lipinski definition) is 2. The van der Waals surface area contributed by atoms with Gasteiger partial charge in [0.2, 0.25) is 0 Å². The van der Waals surface area contributed by atoms with Gasteiger partial charge >= 0.3 is 0 Å². The third-order valence-electron chi connectivity index (χ3n) is 3.82. The van der Waals surface area contributed by atoms with Crippen LogP contribution in [0, 0.1) is 11.3 Å². The van der Waals surface area contributed by atoms with Crippen LogP contribution in [0.5, 0.6) is 0 Å². The molecule has 0 aromatic carbocycles. The predicted molar refractivity (Wildman–Crippen MR) is 74.3 cm³/mol. The third-order valence-corrected chi connectivity index (χ3v) is 3.82. The van der Waals surface area contributed by atoms with Crippen LogP contribution < -0.4 is 5.32 Å². The molecule has 2 heteroatoms. The fourth-order valence-electron chi connectivity index (χ4n) is 2.78. The summed E-state index contributed by atoms with van der Waals surface area (Å²) in [5, 5.41) is 3.61. The van der Waals surface area contributed by atoms with Gasteiger partial charge in [-0.3, -0.25) is 0 Å². The summed E-state index contributed by atoms with van der Waals surface area (Å²) < 4.78 is 5.76. The SMILES string of the molecule is CCCNCC1(CCOCC(C)C)CCCC1. The fourth-order valence-corrected chi connectivity index (χ4v) is 2.78. The van der Waals surface area contributed by atoms with E-state index in [-0.39, 0.29) is 0 Å². The molecule has 0 aliphatic heterocycles. The first-order chi connectivity index (χ1) is 8.18. The number of ether oxygens (including phenoxy) is 1. The van der Waals surface area contributed by atoms with Crippen molar-refractivity contribution in [2.24, 2.45) is 11.3 Å². The molecular formula is C15H31NO. The zero-order valence-electron chi connectivity index (χ0n) is 12.1. The van der Waals surface area contributed by atoms with Crippen LogP contribution in [0.3, 0.4) is 0 Å². The summed E-state index contributed by atoms with van der Waals surface area (Å²) in [6.07, 6.45) is 8.11. The Kier molecular flexibility index (Phi) is 7.14. The van der Waals surface area contributed by atoms with Crippen LogP contribution in [0.4, 0.5) is 0 Å². The fraction of sp³-hybridized carbons (Fsp3) is 1.00. The maximum absolute atomic E-state index is 5.76. The second-order valence-corrected chi connectivity index (χ2v) is 6.10. The summed E-state index contributed by atoms with van der Waals surface area (Å²) in [5.41, 5.74) is 0.548. The summed E-state index contributed by atoms with van der Waals surface area (Å²) >= 11 is 0. The molecule has 0 atom stereocenters. The Morgan fingerprint density at radius 3 is 2.53 bits per heavy atom. The van der Waals surface area contributed by atoms with Crippen molar-refractivity contribution >= 4 is 0 Å². The molecule has 0 saturated heterocycles. The highest BCUT2D eigenvalue weighted by Gasteiger charge is 2.32. The molecule has 2 nitrogen and oxygen atoms in total. The molecule has 0 unspecified atom stereocenters. The second-order valence-electron chi connectivity index (χ2n) is 6.10. The van der Waals surface area contributed by atoms with Gasteiger partial charge in [0, 0.05) is 19.8 Å². The average Bonchev–Trinajstić information content (AvgIpc) is 2.74. The van der Waals surface area contributed by atoms with Crippen molar-refractivity contribution < 1.29 is 4.74 Å². The third kappa shape index (κ3) is 5.87. The van der Waals surface area contributed by atoms with Crippen molar-refractivity contribution in [2.45, 2.75) is 59.3 Å². The largest absolute Gasteiger partial charge is 0.381 e. The lowest BCUT2D eigenvalue weighted by molar-refractivity contribution is 0.0769. The van der Waals surface area contributed by atoms with Gasteiger partial charge in [-0.1, -0.05) is 33.6 Å². The van der Waals surface area contributed by atoms with Crippen molar-refractivity contribution in [3.8, 4) is 0 Å². The van der Waals surface area contributed by atoms with E-state index in [1.54, 1.807) is 0 Å². The van der Waals surface area contributed by atoms with E-state index >= 15 is 0 Å². The molecule has 1 fully saturated rings. The van der Waals surface area contributed by atoms with Crippen LogP contribution in [0.2, 0.25) is 0 Å². The van der Waals surface area contributed by atoms with E-state index in [4.69, 9.17) is 4.74 Å². The Hall–Kier alpha value is -0.0800. The molecule has 1 aliphatic rings. The smallest absolute Gasteiger partial charge is 0.0488 e. The summed E-state index contributed by atoms with van der Waals surface area (Å²) in [6.45, 7) is 10.9. The molecule has 0 radical (unpaired) electrons. The normalized spacial score (nSPS) is 19.1. The zero-order valence-corrected chi connectivity index (χ0v) is 12.1. The van der Waals surface area contributed by atoms with E-state index in [9.17, 15) is 0 Å². The minimum absolute atomic E-state index is 0.548. The van der Waals surface area contributed by atoms with E-state index in [1.165, 1.54) is 45.1 Å². The van der Waals surface area contributed by atoms with Crippen molar-refractivity contribution in [1.29, 1.82) is 0 Å². The summed E-state index contributed by atoms with van der Waals surface area (Å²) in [6, 6.07) is 0. The van der Waals surface area contributed by atoms with E-state index < -0.39 is 0 Å². The summed E-state index contributed by atoms with van der Waals surface area (Å²) in [5.74, 6) is 0.660. The molecule has 0 amide bonds. The molecule has 1 saturated carbocycles. The predicted octanol–water partition coefficient (Wildman–Crippen LogP) is 3.61. The molecule has 17 heavy (non-hydrogen) atoms.